The van der Waals surface area contributed by atoms with Crippen molar-refractivity contribution >= 4 is 16.9 Å². The molecule has 2 aromatic rings. The summed E-state index contributed by atoms with van der Waals surface area (Å²) in [5.74, 6) is -0.166. The lowest BCUT2D eigenvalue weighted by atomic mass is 10.1. The molecule has 0 aliphatic heterocycles. The number of H-pyrrole nitrogens is 1. The van der Waals surface area contributed by atoms with Crippen LogP contribution in [0, 0.1) is 0 Å². The fourth-order valence-corrected chi connectivity index (χ4v) is 1.68. The van der Waals surface area contributed by atoms with Crippen LogP contribution in [0.2, 0.25) is 0 Å². The number of esters is 1. The molecule has 1 heterocycles. The van der Waals surface area contributed by atoms with Crippen molar-refractivity contribution in [2.45, 2.75) is 12.8 Å². The van der Waals surface area contributed by atoms with Crippen LogP contribution in [0.15, 0.2) is 30.5 Å². The van der Waals surface area contributed by atoms with E-state index in [2.05, 4.69) is 21.5 Å². The van der Waals surface area contributed by atoms with Gasteiger partial charge in [0, 0.05) is 23.5 Å². The first-order valence-electron chi connectivity index (χ1n) is 5.51. The number of nitrogens with two attached hydrogens (primary N) is 1. The number of carbonyl (C=O) groups is 1. The van der Waals surface area contributed by atoms with Crippen LogP contribution in [-0.2, 0) is 16.0 Å². The van der Waals surface area contributed by atoms with E-state index in [1.54, 1.807) is 0 Å². The Bertz CT molecular complexity index is 477. The van der Waals surface area contributed by atoms with E-state index >= 15 is 0 Å². The van der Waals surface area contributed by atoms with Gasteiger partial charge in [0.25, 0.3) is 0 Å². The van der Waals surface area contributed by atoms with E-state index in [1.165, 1.54) is 19.5 Å². The Morgan fingerprint density at radius 3 is 2.76 bits per heavy atom. The largest absolute Gasteiger partial charge is 0.469 e. The molecular formula is C13H18N2O2. The minimum absolute atomic E-state index is 0.166. The zero-order chi connectivity index (χ0) is 12.7. The van der Waals surface area contributed by atoms with Gasteiger partial charge in [-0.1, -0.05) is 18.2 Å². The lowest BCUT2D eigenvalue weighted by Gasteiger charge is -1.98. The zero-order valence-corrected chi connectivity index (χ0v) is 10.2. The number of hydrogen-bond acceptors (Lipinski definition) is 3. The van der Waals surface area contributed by atoms with E-state index in [0.29, 0.717) is 6.42 Å². The van der Waals surface area contributed by atoms with Crippen molar-refractivity contribution in [3.63, 3.8) is 0 Å². The molecule has 4 heteroatoms. The summed E-state index contributed by atoms with van der Waals surface area (Å²) >= 11 is 0. The van der Waals surface area contributed by atoms with E-state index in [1.807, 2.05) is 24.4 Å². The summed E-state index contributed by atoms with van der Waals surface area (Å²) in [6.07, 6.45) is 3.10. The van der Waals surface area contributed by atoms with Gasteiger partial charge in [0.05, 0.1) is 7.11 Å². The number of ether oxygens (including phenoxy) is 1. The highest BCUT2D eigenvalue weighted by Crippen LogP contribution is 2.18. The highest BCUT2D eigenvalue weighted by atomic mass is 16.5. The number of aromatic nitrogens is 1. The van der Waals surface area contributed by atoms with Gasteiger partial charge < -0.3 is 15.5 Å². The number of hydrogen-bond donors (Lipinski definition) is 2. The summed E-state index contributed by atoms with van der Waals surface area (Å²) in [5.41, 5.74) is 6.77. The Morgan fingerprint density at radius 1 is 1.35 bits per heavy atom. The number of benzene rings is 1. The molecule has 0 unspecified atom stereocenters. The fourth-order valence-electron chi connectivity index (χ4n) is 1.68. The summed E-state index contributed by atoms with van der Waals surface area (Å²) in [5, 5.41) is 1.18. The fraction of sp³-hybridized carbons (Fsp3) is 0.308. The third-order valence-corrected chi connectivity index (χ3v) is 2.50. The van der Waals surface area contributed by atoms with Gasteiger partial charge >= 0.3 is 5.97 Å². The van der Waals surface area contributed by atoms with Crippen molar-refractivity contribution in [2.24, 2.45) is 5.73 Å². The Hall–Kier alpha value is -1.81. The normalized spacial score (nSPS) is 9.59. The zero-order valence-electron chi connectivity index (χ0n) is 10.2. The number of nitrogens with one attached hydrogen (secondary N) is 1. The van der Waals surface area contributed by atoms with Crippen LogP contribution in [0.25, 0.3) is 10.9 Å². The molecule has 17 heavy (non-hydrogen) atoms. The number of fused-ring (bicyclic) bond motifs is 1. The minimum Gasteiger partial charge on any atom is -0.469 e. The second-order valence-corrected chi connectivity index (χ2v) is 3.44. The van der Waals surface area contributed by atoms with E-state index in [9.17, 15) is 4.79 Å². The van der Waals surface area contributed by atoms with Gasteiger partial charge in [0.15, 0.2) is 0 Å². The number of aryl methyl sites for hydroxylation is 1. The second-order valence-electron chi connectivity index (χ2n) is 3.44. The average molecular weight is 234 g/mol. The Labute approximate surface area is 101 Å². The first-order chi connectivity index (χ1) is 8.31. The third kappa shape index (κ3) is 3.32. The molecular weight excluding hydrogens is 216 g/mol. The molecule has 3 N–H and O–H groups in total. The predicted octanol–water partition coefficient (Wildman–Crippen LogP) is 1.85. The van der Waals surface area contributed by atoms with E-state index < -0.39 is 0 Å². The van der Waals surface area contributed by atoms with Crippen molar-refractivity contribution in [3.8, 4) is 0 Å². The smallest absolute Gasteiger partial charge is 0.305 e. The molecule has 0 bridgehead atoms. The van der Waals surface area contributed by atoms with E-state index in [0.717, 1.165) is 17.5 Å². The Morgan fingerprint density at radius 2 is 2.06 bits per heavy atom. The molecule has 2 rings (SSSR count). The van der Waals surface area contributed by atoms with Crippen LogP contribution in [0.1, 0.15) is 12.0 Å². The summed E-state index contributed by atoms with van der Waals surface area (Å²) in [6.45, 7) is 0. The predicted molar refractivity (Wildman–Crippen MR) is 68.7 cm³/mol. The van der Waals surface area contributed by atoms with Crippen LogP contribution in [0.4, 0.5) is 0 Å². The molecule has 92 valence electrons. The van der Waals surface area contributed by atoms with E-state index in [-0.39, 0.29) is 5.97 Å². The maximum Gasteiger partial charge on any atom is 0.305 e. The third-order valence-electron chi connectivity index (χ3n) is 2.50. The van der Waals surface area contributed by atoms with Crippen LogP contribution in [0.5, 0.6) is 0 Å². The van der Waals surface area contributed by atoms with Crippen molar-refractivity contribution in [1.29, 1.82) is 0 Å². The highest BCUT2D eigenvalue weighted by Gasteiger charge is 2.05. The molecule has 0 fully saturated rings. The molecule has 0 spiro atoms. The van der Waals surface area contributed by atoms with Gasteiger partial charge in [-0.2, -0.15) is 0 Å². The molecule has 0 aliphatic carbocycles. The van der Waals surface area contributed by atoms with Gasteiger partial charge in [-0.25, -0.2) is 0 Å². The minimum atomic E-state index is -0.166. The second kappa shape index (κ2) is 6.70. The Balaban J connectivity index is 0.000000686. The number of methoxy groups -OCH3 is 1. The Kier molecular flexibility index (Phi) is 5.23. The van der Waals surface area contributed by atoms with Crippen LogP contribution < -0.4 is 5.73 Å². The number of aromatic amines is 1. The molecule has 0 saturated heterocycles. The summed E-state index contributed by atoms with van der Waals surface area (Å²) < 4.78 is 4.61. The van der Waals surface area contributed by atoms with Gasteiger partial charge in [-0.15, -0.1) is 0 Å². The summed E-state index contributed by atoms with van der Waals surface area (Å²) in [7, 11) is 2.91. The maximum absolute atomic E-state index is 11.0. The first kappa shape index (κ1) is 13.3. The topological polar surface area (TPSA) is 68.1 Å². The molecule has 0 saturated carbocycles. The molecule has 1 aromatic heterocycles. The van der Waals surface area contributed by atoms with Crippen molar-refractivity contribution < 1.29 is 9.53 Å². The highest BCUT2D eigenvalue weighted by molar-refractivity contribution is 5.83. The van der Waals surface area contributed by atoms with Crippen molar-refractivity contribution in [2.75, 3.05) is 14.2 Å². The van der Waals surface area contributed by atoms with Gasteiger partial charge in [0.2, 0.25) is 0 Å². The van der Waals surface area contributed by atoms with Gasteiger partial charge in [-0.3, -0.25) is 4.79 Å². The summed E-state index contributed by atoms with van der Waals surface area (Å²) in [4.78, 5) is 14.2. The van der Waals surface area contributed by atoms with Crippen LogP contribution >= 0.6 is 0 Å². The average Bonchev–Trinajstić information content (AvgIpc) is 2.81. The standard InChI is InChI=1S/C12H13NO2.CH5N/c1-15-12(14)7-6-9-8-13-11-5-3-2-4-10(9)11;1-2/h2-5,8,13H,6-7H2,1H3;2H2,1H3. The molecule has 4 nitrogen and oxygen atoms in total. The van der Waals surface area contributed by atoms with Crippen molar-refractivity contribution in [1.82, 2.24) is 4.98 Å². The molecule has 1 aromatic carbocycles. The SMILES string of the molecule is CN.COC(=O)CCc1c[nH]c2ccccc12. The number of para-hydroxylation sites is 1. The quantitative estimate of drug-likeness (QED) is 0.796. The molecule has 0 atom stereocenters. The van der Waals surface area contributed by atoms with Gasteiger partial charge in [-0.05, 0) is 25.1 Å². The monoisotopic (exact) mass is 234 g/mol. The van der Waals surface area contributed by atoms with Crippen LogP contribution in [0.3, 0.4) is 0 Å². The summed E-state index contributed by atoms with van der Waals surface area (Å²) in [6, 6.07) is 8.07. The molecule has 0 radical (unpaired) electrons. The lowest BCUT2D eigenvalue weighted by Crippen LogP contribution is -2.01. The maximum atomic E-state index is 11.0. The lowest BCUT2D eigenvalue weighted by molar-refractivity contribution is -0.140. The first-order valence-corrected chi connectivity index (χ1v) is 5.51. The van der Waals surface area contributed by atoms with Crippen LogP contribution in [-0.4, -0.2) is 25.1 Å². The van der Waals surface area contributed by atoms with Gasteiger partial charge in [0.1, 0.15) is 0 Å². The number of carbonyl (C=O) groups excluding carboxylic acids is 1. The van der Waals surface area contributed by atoms with Crippen molar-refractivity contribution in [3.05, 3.63) is 36.0 Å². The van der Waals surface area contributed by atoms with E-state index in [4.69, 9.17) is 0 Å². The molecule has 0 amide bonds. The molecule has 0 aliphatic rings. The number of rotatable bonds is 3.